The Hall–Kier alpha value is -1.32. The molecule has 0 aliphatic carbocycles. The van der Waals surface area contributed by atoms with Gasteiger partial charge in [0.2, 0.25) is 0 Å². The quantitative estimate of drug-likeness (QED) is 0.854. The first kappa shape index (κ1) is 16.1. The highest BCUT2D eigenvalue weighted by Gasteiger charge is 2.14. The van der Waals surface area contributed by atoms with Gasteiger partial charge in [-0.1, -0.05) is 24.3 Å². The van der Waals surface area contributed by atoms with E-state index in [0.29, 0.717) is 0 Å². The summed E-state index contributed by atoms with van der Waals surface area (Å²) in [6.45, 7) is 4.36. The van der Waals surface area contributed by atoms with E-state index in [1.165, 1.54) is 22.3 Å². The summed E-state index contributed by atoms with van der Waals surface area (Å²) >= 11 is 3.57. The zero-order valence-electron chi connectivity index (χ0n) is 13.0. The van der Waals surface area contributed by atoms with Crippen molar-refractivity contribution >= 4 is 15.9 Å². The molecule has 0 fully saturated rings. The van der Waals surface area contributed by atoms with Crippen molar-refractivity contribution in [1.29, 1.82) is 0 Å². The highest BCUT2D eigenvalue weighted by molar-refractivity contribution is 9.10. The molecule has 0 saturated heterocycles. The minimum atomic E-state index is 0.284. The number of aryl methyl sites for hydroxylation is 2. The zero-order chi connectivity index (χ0) is 15.4. The van der Waals surface area contributed by atoms with Crippen LogP contribution in [0.4, 0.5) is 0 Å². The highest BCUT2D eigenvalue weighted by atomic mass is 79.9. The van der Waals surface area contributed by atoms with Gasteiger partial charge in [-0.05, 0) is 77.6 Å². The number of halogens is 1. The van der Waals surface area contributed by atoms with Crippen LogP contribution in [0.2, 0.25) is 0 Å². The largest absolute Gasteiger partial charge is 0.496 e. The maximum Gasteiger partial charge on any atom is 0.133 e. The van der Waals surface area contributed by atoms with Gasteiger partial charge in [-0.25, -0.2) is 0 Å². The summed E-state index contributed by atoms with van der Waals surface area (Å²) in [5.41, 5.74) is 5.38. The Kier molecular flexibility index (Phi) is 5.43. The lowest BCUT2D eigenvalue weighted by Gasteiger charge is -2.20. The molecule has 21 heavy (non-hydrogen) atoms. The third-order valence-corrected chi connectivity index (χ3v) is 4.60. The molecule has 0 aliphatic heterocycles. The van der Waals surface area contributed by atoms with E-state index >= 15 is 0 Å². The van der Waals surface area contributed by atoms with Crippen LogP contribution >= 0.6 is 15.9 Å². The molecule has 0 aromatic heterocycles. The summed E-state index contributed by atoms with van der Waals surface area (Å²) in [4.78, 5) is 0. The molecule has 0 bridgehead atoms. The summed E-state index contributed by atoms with van der Waals surface area (Å²) < 4.78 is 6.29. The van der Waals surface area contributed by atoms with E-state index < -0.39 is 0 Å². The molecule has 0 heterocycles. The van der Waals surface area contributed by atoms with Gasteiger partial charge >= 0.3 is 0 Å². The van der Waals surface area contributed by atoms with Crippen molar-refractivity contribution in [3.63, 3.8) is 0 Å². The second-order valence-corrected chi connectivity index (χ2v) is 6.16. The van der Waals surface area contributed by atoms with E-state index in [4.69, 9.17) is 4.74 Å². The van der Waals surface area contributed by atoms with Crippen LogP contribution in [0.15, 0.2) is 40.9 Å². The molecule has 2 aromatic carbocycles. The van der Waals surface area contributed by atoms with Gasteiger partial charge in [-0.3, -0.25) is 0 Å². The lowest BCUT2D eigenvalue weighted by atomic mass is 9.93. The van der Waals surface area contributed by atoms with Crippen molar-refractivity contribution in [2.24, 2.45) is 0 Å². The molecule has 0 saturated carbocycles. The van der Waals surface area contributed by atoms with Gasteiger partial charge < -0.3 is 10.1 Å². The van der Waals surface area contributed by atoms with E-state index in [2.05, 4.69) is 65.4 Å². The van der Waals surface area contributed by atoms with Gasteiger partial charge in [0.15, 0.2) is 0 Å². The summed E-state index contributed by atoms with van der Waals surface area (Å²) in [7, 11) is 3.70. The fraction of sp³-hybridized carbons (Fsp3) is 0.333. The second kappa shape index (κ2) is 7.10. The predicted octanol–water partition coefficient (Wildman–Crippen LogP) is 4.58. The number of nitrogens with one attached hydrogen (secondary N) is 1. The van der Waals surface area contributed by atoms with Gasteiger partial charge in [0.1, 0.15) is 5.75 Å². The molecule has 1 N–H and O–H groups in total. The third kappa shape index (κ3) is 3.66. The second-order valence-electron chi connectivity index (χ2n) is 5.31. The minimum Gasteiger partial charge on any atom is -0.496 e. The van der Waals surface area contributed by atoms with Crippen LogP contribution in [-0.2, 0) is 6.42 Å². The van der Waals surface area contributed by atoms with Crippen LogP contribution in [-0.4, -0.2) is 14.2 Å². The van der Waals surface area contributed by atoms with Crippen molar-refractivity contribution in [2.75, 3.05) is 14.2 Å². The number of benzene rings is 2. The lowest BCUT2D eigenvalue weighted by molar-refractivity contribution is 0.411. The molecule has 0 radical (unpaired) electrons. The van der Waals surface area contributed by atoms with Crippen molar-refractivity contribution in [3.05, 3.63) is 63.1 Å². The molecule has 2 rings (SSSR count). The molecule has 2 nitrogen and oxygen atoms in total. The molecule has 0 amide bonds. The molecule has 1 atom stereocenters. The molecule has 112 valence electrons. The predicted molar refractivity (Wildman–Crippen MR) is 92.1 cm³/mol. The lowest BCUT2D eigenvalue weighted by Crippen LogP contribution is -2.19. The number of rotatable bonds is 5. The van der Waals surface area contributed by atoms with Crippen molar-refractivity contribution in [2.45, 2.75) is 26.3 Å². The summed E-state index contributed by atoms with van der Waals surface area (Å²) in [6, 6.07) is 13.0. The number of hydrogen-bond donors (Lipinski definition) is 1. The normalized spacial score (nSPS) is 12.2. The Bertz CT molecular complexity index is 604. The Labute approximate surface area is 135 Å². The Morgan fingerprint density at radius 1 is 1.14 bits per heavy atom. The van der Waals surface area contributed by atoms with Gasteiger partial charge in [-0.2, -0.15) is 0 Å². The Morgan fingerprint density at radius 3 is 2.33 bits per heavy atom. The molecular weight excluding hydrogens is 326 g/mol. The van der Waals surface area contributed by atoms with Crippen molar-refractivity contribution < 1.29 is 4.74 Å². The molecule has 2 aromatic rings. The highest BCUT2D eigenvalue weighted by Crippen LogP contribution is 2.30. The smallest absolute Gasteiger partial charge is 0.133 e. The molecule has 0 aliphatic rings. The summed E-state index contributed by atoms with van der Waals surface area (Å²) in [5.74, 6) is 0.862. The summed E-state index contributed by atoms with van der Waals surface area (Å²) in [5, 5.41) is 3.42. The van der Waals surface area contributed by atoms with Gasteiger partial charge in [0.05, 0.1) is 11.6 Å². The van der Waals surface area contributed by atoms with Crippen LogP contribution in [0, 0.1) is 13.8 Å². The standard InChI is InChI=1S/C18H22BrNO/c1-12-6-5-7-13(2)15(12)11-17(20-3)14-8-9-18(21-4)16(19)10-14/h5-10,17,20H,11H2,1-4H3. The Morgan fingerprint density at radius 2 is 1.81 bits per heavy atom. The van der Waals surface area contributed by atoms with E-state index in [1.54, 1.807) is 7.11 Å². The fourth-order valence-corrected chi connectivity index (χ4v) is 3.22. The van der Waals surface area contributed by atoms with Gasteiger partial charge in [0, 0.05) is 6.04 Å². The molecule has 0 spiro atoms. The third-order valence-electron chi connectivity index (χ3n) is 3.98. The van der Waals surface area contributed by atoms with E-state index in [-0.39, 0.29) is 6.04 Å². The fourth-order valence-electron chi connectivity index (χ4n) is 2.66. The van der Waals surface area contributed by atoms with Crippen LogP contribution in [0.1, 0.15) is 28.3 Å². The first-order valence-corrected chi connectivity index (χ1v) is 7.92. The number of likely N-dealkylation sites (N-methyl/N-ethyl adjacent to an activating group) is 1. The number of ether oxygens (including phenoxy) is 1. The number of methoxy groups -OCH3 is 1. The topological polar surface area (TPSA) is 21.3 Å². The molecule has 1 unspecified atom stereocenters. The zero-order valence-corrected chi connectivity index (χ0v) is 14.6. The van der Waals surface area contributed by atoms with Crippen LogP contribution in [0.5, 0.6) is 5.75 Å². The average Bonchev–Trinajstić information content (AvgIpc) is 2.47. The monoisotopic (exact) mass is 347 g/mol. The van der Waals surface area contributed by atoms with Gasteiger partial charge in [0.25, 0.3) is 0 Å². The first-order chi connectivity index (χ1) is 10.1. The van der Waals surface area contributed by atoms with Gasteiger partial charge in [-0.15, -0.1) is 0 Å². The molecular formula is C18H22BrNO. The van der Waals surface area contributed by atoms with Crippen LogP contribution in [0.25, 0.3) is 0 Å². The summed E-state index contributed by atoms with van der Waals surface area (Å²) in [6.07, 6.45) is 0.980. The Balaban J connectivity index is 2.30. The number of hydrogen-bond acceptors (Lipinski definition) is 2. The average molecular weight is 348 g/mol. The van der Waals surface area contributed by atoms with E-state index in [1.807, 2.05) is 13.1 Å². The van der Waals surface area contributed by atoms with Crippen molar-refractivity contribution in [1.82, 2.24) is 5.32 Å². The van der Waals surface area contributed by atoms with Crippen LogP contribution in [0.3, 0.4) is 0 Å². The first-order valence-electron chi connectivity index (χ1n) is 7.12. The maximum absolute atomic E-state index is 5.30. The molecule has 3 heteroatoms. The maximum atomic E-state index is 5.30. The SMILES string of the molecule is CNC(Cc1c(C)cccc1C)c1ccc(OC)c(Br)c1. The van der Waals surface area contributed by atoms with Crippen molar-refractivity contribution in [3.8, 4) is 5.75 Å². The van der Waals surface area contributed by atoms with Crippen LogP contribution < -0.4 is 10.1 Å². The minimum absolute atomic E-state index is 0.284. The van der Waals surface area contributed by atoms with E-state index in [9.17, 15) is 0 Å². The van der Waals surface area contributed by atoms with E-state index in [0.717, 1.165) is 16.6 Å².